The van der Waals surface area contributed by atoms with Gasteiger partial charge in [0.05, 0.1) is 0 Å². The van der Waals surface area contributed by atoms with Crippen LogP contribution in [0.15, 0.2) is 52.3 Å². The van der Waals surface area contributed by atoms with E-state index in [0.29, 0.717) is 28.7 Å². The van der Waals surface area contributed by atoms with Gasteiger partial charge in [-0.3, -0.25) is 9.59 Å². The molecule has 1 aromatic carbocycles. The summed E-state index contributed by atoms with van der Waals surface area (Å²) in [5, 5.41) is 3.47. The van der Waals surface area contributed by atoms with E-state index in [1.165, 1.54) is 12.5 Å². The summed E-state index contributed by atoms with van der Waals surface area (Å²) in [5.41, 5.74) is 0.429. The molecule has 1 heterocycles. The van der Waals surface area contributed by atoms with E-state index in [1.54, 1.807) is 36.4 Å². The predicted octanol–water partition coefficient (Wildman–Crippen LogP) is 4.07. The Morgan fingerprint density at radius 2 is 1.96 bits per heavy atom. The van der Waals surface area contributed by atoms with Crippen LogP contribution in [0.4, 0.5) is 5.82 Å². The average Bonchev–Trinajstić information content (AvgIpc) is 2.54. The molecular formula is C19H20ClN3O2. The van der Waals surface area contributed by atoms with Crippen LogP contribution in [0, 0.1) is 5.41 Å². The van der Waals surface area contributed by atoms with Crippen molar-refractivity contribution in [2.75, 3.05) is 0 Å². The van der Waals surface area contributed by atoms with Crippen LogP contribution in [0.3, 0.4) is 0 Å². The Kier molecular flexibility index (Phi) is 5.04. The summed E-state index contributed by atoms with van der Waals surface area (Å²) in [7, 11) is 0. The van der Waals surface area contributed by atoms with Gasteiger partial charge < -0.3 is 10.3 Å². The van der Waals surface area contributed by atoms with Crippen molar-refractivity contribution in [2.45, 2.75) is 32.6 Å². The van der Waals surface area contributed by atoms with E-state index < -0.39 is 0 Å². The van der Waals surface area contributed by atoms with Crippen LogP contribution < -0.4 is 10.9 Å². The molecule has 5 nitrogen and oxygen atoms in total. The van der Waals surface area contributed by atoms with E-state index in [9.17, 15) is 9.59 Å². The standard InChI is InChI=1S/C19H20ClN3O2/c1-19(10-3-11-19)12-16(21-15-4-2-5-17(24)22-15)23-18(25)13-6-8-14(20)9-7-13/h2,4-9H,3,10-12H2,1H3,(H2,21,22,23,24,25). The zero-order chi connectivity index (χ0) is 17.9. The number of nitrogens with zero attached hydrogens (tertiary/aromatic N) is 1. The lowest BCUT2D eigenvalue weighted by molar-refractivity contribution is 0.0973. The van der Waals surface area contributed by atoms with Gasteiger partial charge >= 0.3 is 0 Å². The van der Waals surface area contributed by atoms with Gasteiger partial charge in [-0.2, -0.15) is 0 Å². The van der Waals surface area contributed by atoms with Crippen LogP contribution in [0.2, 0.25) is 5.02 Å². The molecule has 6 heteroatoms. The molecule has 0 radical (unpaired) electrons. The lowest BCUT2D eigenvalue weighted by Gasteiger charge is -2.38. The molecule has 2 aromatic rings. The van der Waals surface area contributed by atoms with Crippen molar-refractivity contribution in [3.05, 3.63) is 63.4 Å². The van der Waals surface area contributed by atoms with Gasteiger partial charge in [-0.1, -0.05) is 31.0 Å². The highest BCUT2D eigenvalue weighted by atomic mass is 35.5. The number of H-pyrrole nitrogens is 1. The quantitative estimate of drug-likeness (QED) is 0.639. The Hall–Kier alpha value is -2.40. The van der Waals surface area contributed by atoms with E-state index in [1.807, 2.05) is 0 Å². The number of aromatic amines is 1. The topological polar surface area (TPSA) is 74.3 Å². The molecule has 0 saturated heterocycles. The van der Waals surface area contributed by atoms with E-state index >= 15 is 0 Å². The number of rotatable bonds is 4. The van der Waals surface area contributed by atoms with Crippen LogP contribution in [0.1, 0.15) is 43.0 Å². The largest absolute Gasteiger partial charge is 0.310 e. The Morgan fingerprint density at radius 1 is 1.24 bits per heavy atom. The zero-order valence-electron chi connectivity index (χ0n) is 14.0. The molecule has 0 spiro atoms. The minimum Gasteiger partial charge on any atom is -0.310 e. The number of aliphatic imine (C=N–C) groups is 1. The lowest BCUT2D eigenvalue weighted by atomic mass is 9.68. The van der Waals surface area contributed by atoms with Gasteiger partial charge in [0.1, 0.15) is 11.7 Å². The third-order valence-corrected chi connectivity index (χ3v) is 4.78. The summed E-state index contributed by atoms with van der Waals surface area (Å²) in [6.07, 6.45) is 4.06. The molecule has 1 aliphatic rings. The van der Waals surface area contributed by atoms with E-state index in [4.69, 9.17) is 11.6 Å². The van der Waals surface area contributed by atoms with Gasteiger partial charge in [0.25, 0.3) is 5.91 Å². The number of pyridine rings is 1. The molecule has 0 atom stereocenters. The van der Waals surface area contributed by atoms with Gasteiger partial charge in [0.15, 0.2) is 0 Å². The summed E-state index contributed by atoms with van der Waals surface area (Å²) < 4.78 is 0. The molecule has 1 fully saturated rings. The third-order valence-electron chi connectivity index (χ3n) is 4.53. The molecular weight excluding hydrogens is 338 g/mol. The van der Waals surface area contributed by atoms with E-state index in [0.717, 1.165) is 12.8 Å². The first-order valence-corrected chi connectivity index (χ1v) is 8.65. The van der Waals surface area contributed by atoms with Crippen LogP contribution in [-0.4, -0.2) is 16.7 Å². The monoisotopic (exact) mass is 357 g/mol. The number of amidine groups is 1. The number of aromatic nitrogens is 1. The number of amides is 1. The fourth-order valence-electron chi connectivity index (χ4n) is 2.92. The highest BCUT2D eigenvalue weighted by Crippen LogP contribution is 2.43. The molecule has 0 bridgehead atoms. The summed E-state index contributed by atoms with van der Waals surface area (Å²) in [5.74, 6) is 0.752. The summed E-state index contributed by atoms with van der Waals surface area (Å²) in [6, 6.07) is 11.5. The third kappa shape index (κ3) is 4.57. The molecule has 1 aromatic heterocycles. The van der Waals surface area contributed by atoms with Crippen molar-refractivity contribution in [1.29, 1.82) is 0 Å². The number of nitrogens with one attached hydrogen (secondary N) is 2. The second-order valence-electron chi connectivity index (χ2n) is 6.76. The smallest absolute Gasteiger partial charge is 0.256 e. The van der Waals surface area contributed by atoms with Crippen LogP contribution >= 0.6 is 11.6 Å². The molecule has 0 aliphatic heterocycles. The van der Waals surface area contributed by atoms with Crippen molar-refractivity contribution < 1.29 is 4.79 Å². The van der Waals surface area contributed by atoms with Gasteiger partial charge in [0.2, 0.25) is 5.56 Å². The molecule has 0 unspecified atom stereocenters. The normalized spacial score (nSPS) is 16.2. The minimum absolute atomic E-state index is 0.140. The van der Waals surface area contributed by atoms with Crippen molar-refractivity contribution in [2.24, 2.45) is 10.4 Å². The van der Waals surface area contributed by atoms with Crippen molar-refractivity contribution in [1.82, 2.24) is 10.3 Å². The Bertz CT molecular complexity index is 851. The van der Waals surface area contributed by atoms with Crippen molar-refractivity contribution in [3.63, 3.8) is 0 Å². The number of hydrogen-bond acceptors (Lipinski definition) is 3. The molecule has 3 rings (SSSR count). The van der Waals surface area contributed by atoms with Gasteiger partial charge in [-0.05, 0) is 48.6 Å². The second kappa shape index (κ2) is 7.23. The first-order valence-electron chi connectivity index (χ1n) is 8.27. The first-order chi connectivity index (χ1) is 11.9. The SMILES string of the molecule is CC1(CC(=Nc2cccc(=O)[nH]2)NC(=O)c2ccc(Cl)cc2)CCC1. The summed E-state index contributed by atoms with van der Waals surface area (Å²) >= 11 is 5.87. The van der Waals surface area contributed by atoms with Gasteiger partial charge in [-0.25, -0.2) is 4.99 Å². The van der Waals surface area contributed by atoms with Gasteiger partial charge in [0, 0.05) is 23.1 Å². The van der Waals surface area contributed by atoms with Crippen LogP contribution in [0.25, 0.3) is 0 Å². The number of halogens is 1. The van der Waals surface area contributed by atoms with Crippen LogP contribution in [-0.2, 0) is 0 Å². The first kappa shape index (κ1) is 17.4. The fourth-order valence-corrected chi connectivity index (χ4v) is 3.05. The molecule has 1 aliphatic carbocycles. The number of benzene rings is 1. The van der Waals surface area contributed by atoms with Crippen molar-refractivity contribution in [3.8, 4) is 0 Å². The number of carbonyl (C=O) groups excluding carboxylic acids is 1. The Labute approximate surface area is 151 Å². The average molecular weight is 358 g/mol. The molecule has 1 amide bonds. The fraction of sp³-hybridized carbons (Fsp3) is 0.316. The highest BCUT2D eigenvalue weighted by molar-refractivity contribution is 6.30. The summed E-state index contributed by atoms with van der Waals surface area (Å²) in [4.78, 5) is 31.1. The van der Waals surface area contributed by atoms with Gasteiger partial charge in [-0.15, -0.1) is 0 Å². The second-order valence-corrected chi connectivity index (χ2v) is 7.20. The van der Waals surface area contributed by atoms with Crippen LogP contribution in [0.5, 0.6) is 0 Å². The van der Waals surface area contributed by atoms with E-state index in [2.05, 4.69) is 22.2 Å². The maximum atomic E-state index is 12.5. The maximum Gasteiger partial charge on any atom is 0.256 e. The lowest BCUT2D eigenvalue weighted by Crippen LogP contribution is -2.37. The molecule has 2 N–H and O–H groups in total. The molecule has 1 saturated carbocycles. The Balaban J connectivity index is 1.84. The Morgan fingerprint density at radius 3 is 2.56 bits per heavy atom. The predicted molar refractivity (Wildman–Crippen MR) is 99.7 cm³/mol. The highest BCUT2D eigenvalue weighted by Gasteiger charge is 2.33. The van der Waals surface area contributed by atoms with Crippen molar-refractivity contribution >= 4 is 29.2 Å². The minimum atomic E-state index is -0.239. The number of carbonyl (C=O) groups is 1. The molecule has 25 heavy (non-hydrogen) atoms. The number of hydrogen-bond donors (Lipinski definition) is 2. The maximum absolute atomic E-state index is 12.5. The zero-order valence-corrected chi connectivity index (χ0v) is 14.8. The summed E-state index contributed by atoms with van der Waals surface area (Å²) in [6.45, 7) is 2.19. The van der Waals surface area contributed by atoms with E-state index in [-0.39, 0.29) is 16.9 Å². The molecule has 130 valence electrons.